The third-order valence-corrected chi connectivity index (χ3v) is 2.79. The molecule has 0 spiro atoms. The summed E-state index contributed by atoms with van der Waals surface area (Å²) in [5, 5.41) is 24.5. The van der Waals surface area contributed by atoms with Crippen LogP contribution in [0.4, 0.5) is 0 Å². The van der Waals surface area contributed by atoms with Crippen LogP contribution in [0.2, 0.25) is 0 Å². The summed E-state index contributed by atoms with van der Waals surface area (Å²) in [5.74, 6) is -4.40. The number of nitrogens with two attached hydrogens (primary N) is 2. The number of hydrogen-bond donors (Lipinski definition) is 5. The van der Waals surface area contributed by atoms with Crippen molar-refractivity contribution in [2.75, 3.05) is 0 Å². The summed E-state index contributed by atoms with van der Waals surface area (Å²) in [6.45, 7) is 0. The van der Waals surface area contributed by atoms with E-state index in [1.807, 2.05) is 0 Å². The third kappa shape index (κ3) is 11.1. The van der Waals surface area contributed by atoms with Crippen LogP contribution in [0.1, 0.15) is 32.1 Å². The van der Waals surface area contributed by atoms with Gasteiger partial charge >= 0.3 is 39.0 Å². The normalized spacial score (nSPS) is 21.3. The van der Waals surface area contributed by atoms with Gasteiger partial charge in [-0.2, -0.15) is 0 Å². The molecule has 0 unspecified atom stereocenters. The summed E-state index contributed by atoms with van der Waals surface area (Å²) in [5.41, 5.74) is 10.6. The van der Waals surface area contributed by atoms with Crippen LogP contribution in [-0.2, 0) is 35.4 Å². The Morgan fingerprint density at radius 2 is 1.43 bits per heavy atom. The fraction of sp³-hybridized carbons (Fsp3) is 0.583. The molecule has 0 amide bonds. The summed E-state index contributed by atoms with van der Waals surface area (Å²) < 4.78 is 0. The maximum atomic E-state index is 10.2. The van der Waals surface area contributed by atoms with Crippen LogP contribution in [0.5, 0.6) is 0 Å². The predicted molar refractivity (Wildman–Crippen MR) is 70.0 cm³/mol. The average molecular weight is 483 g/mol. The first-order chi connectivity index (χ1) is 9.23. The Balaban J connectivity index is 0. The van der Waals surface area contributed by atoms with E-state index < -0.39 is 29.9 Å². The predicted octanol–water partition coefficient (Wildman–Crippen LogP) is -0.231. The van der Waals surface area contributed by atoms with E-state index in [0.29, 0.717) is 6.08 Å². The van der Waals surface area contributed by atoms with Gasteiger partial charge in [-0.15, -0.1) is 0 Å². The minimum atomic E-state index is -1.54. The van der Waals surface area contributed by atoms with Crippen molar-refractivity contribution in [3.05, 3.63) is 11.6 Å². The number of carboxylic acids is 3. The van der Waals surface area contributed by atoms with Crippen LogP contribution < -0.4 is 11.5 Å². The molecule has 9 heteroatoms. The van der Waals surface area contributed by atoms with Crippen molar-refractivity contribution in [2.24, 2.45) is 11.5 Å². The van der Waals surface area contributed by atoms with Gasteiger partial charge in [-0.3, -0.25) is 4.79 Å². The van der Waals surface area contributed by atoms with E-state index >= 15 is 0 Å². The summed E-state index contributed by atoms with van der Waals surface area (Å²) in [7, 11) is 0. The molecular weight excluding hydrogens is 463 g/mol. The van der Waals surface area contributed by atoms with Gasteiger partial charge in [-0.05, 0) is 12.8 Å². The third-order valence-electron chi connectivity index (χ3n) is 2.79. The zero-order valence-electron chi connectivity index (χ0n) is 11.3. The van der Waals surface area contributed by atoms with Crippen molar-refractivity contribution in [1.82, 2.24) is 0 Å². The fourth-order valence-electron chi connectivity index (χ4n) is 1.69. The summed E-state index contributed by atoms with van der Waals surface area (Å²) >= 11 is 0. The summed E-state index contributed by atoms with van der Waals surface area (Å²) in [4.78, 5) is 30.1. The van der Waals surface area contributed by atoms with E-state index in [1.54, 1.807) is 0 Å². The molecular formula is C12H20N2O6Pt+4. The van der Waals surface area contributed by atoms with E-state index in [0.717, 1.165) is 12.8 Å². The molecule has 1 rings (SSSR count). The van der Waals surface area contributed by atoms with Gasteiger partial charge < -0.3 is 26.8 Å². The SMILES string of the molecule is N[C@@H]1CCCC[C@H]1N.O=C(O)/C=C(/CC(=O)O)C(=O)O.[Pt+4]. The molecule has 0 aromatic rings. The van der Waals surface area contributed by atoms with Gasteiger partial charge in [0, 0.05) is 18.2 Å². The standard InChI is InChI=1S/C6H14N2.C6H6O6.Pt/c7-5-3-1-2-4-6(5)8;7-4(8)1-3(6(11)12)2-5(9)10;/h5-6H,1-4,7-8H2;1H,2H2,(H,7,8)(H,9,10)(H,11,12);/q;;+4/b;3-1-;/t5-,6-;;/m1../s1. The molecule has 1 fully saturated rings. The largest absolute Gasteiger partial charge is 4.00 e. The van der Waals surface area contributed by atoms with E-state index in [9.17, 15) is 14.4 Å². The minimum absolute atomic E-state index is 0. The second kappa shape index (κ2) is 11.4. The number of carboxylic acid groups (broad SMARTS) is 3. The molecule has 120 valence electrons. The first-order valence-corrected chi connectivity index (χ1v) is 6.13. The van der Waals surface area contributed by atoms with Gasteiger partial charge in [0.25, 0.3) is 0 Å². The molecule has 2 atom stereocenters. The molecule has 1 aliphatic rings. The molecule has 0 bridgehead atoms. The maximum absolute atomic E-state index is 10.2. The first kappa shape index (κ1) is 22.0. The van der Waals surface area contributed by atoms with Crippen LogP contribution in [0.15, 0.2) is 11.6 Å². The molecule has 1 saturated carbocycles. The van der Waals surface area contributed by atoms with Gasteiger partial charge in [-0.25, -0.2) is 9.59 Å². The van der Waals surface area contributed by atoms with Crippen LogP contribution in [0, 0.1) is 0 Å². The Morgan fingerprint density at radius 3 is 1.67 bits per heavy atom. The maximum Gasteiger partial charge on any atom is 4.00 e. The first-order valence-electron chi connectivity index (χ1n) is 6.13. The van der Waals surface area contributed by atoms with Crippen molar-refractivity contribution in [3.8, 4) is 0 Å². The molecule has 1 aliphatic carbocycles. The van der Waals surface area contributed by atoms with Gasteiger partial charge in [0.05, 0.1) is 12.0 Å². The van der Waals surface area contributed by atoms with Crippen LogP contribution >= 0.6 is 0 Å². The van der Waals surface area contributed by atoms with Crippen LogP contribution in [0.3, 0.4) is 0 Å². The van der Waals surface area contributed by atoms with Gasteiger partial charge in [0.2, 0.25) is 0 Å². The van der Waals surface area contributed by atoms with Gasteiger partial charge in [-0.1, -0.05) is 12.8 Å². The second-order valence-electron chi connectivity index (χ2n) is 4.50. The number of aliphatic carboxylic acids is 3. The monoisotopic (exact) mass is 483 g/mol. The Hall–Kier alpha value is -1.24. The molecule has 0 heterocycles. The topological polar surface area (TPSA) is 164 Å². The Labute approximate surface area is 136 Å². The van der Waals surface area contributed by atoms with Gasteiger partial charge in [0.1, 0.15) is 0 Å². The number of rotatable bonds is 4. The van der Waals surface area contributed by atoms with E-state index in [4.69, 9.17) is 26.8 Å². The van der Waals surface area contributed by atoms with Crippen LogP contribution in [-0.4, -0.2) is 45.3 Å². The van der Waals surface area contributed by atoms with Crippen molar-refractivity contribution >= 4 is 17.9 Å². The molecule has 0 aromatic carbocycles. The van der Waals surface area contributed by atoms with Gasteiger partial charge in [0.15, 0.2) is 0 Å². The Morgan fingerprint density at radius 1 is 1.00 bits per heavy atom. The molecule has 21 heavy (non-hydrogen) atoms. The summed E-state index contributed by atoms with van der Waals surface area (Å²) in [6, 6.07) is 0.562. The second-order valence-corrected chi connectivity index (χ2v) is 4.50. The quantitative estimate of drug-likeness (QED) is 0.342. The zero-order valence-corrected chi connectivity index (χ0v) is 13.6. The minimum Gasteiger partial charge on any atom is -0.481 e. The van der Waals surface area contributed by atoms with Crippen molar-refractivity contribution in [3.63, 3.8) is 0 Å². The Kier molecular flexibility index (Phi) is 12.0. The van der Waals surface area contributed by atoms with Crippen molar-refractivity contribution in [1.29, 1.82) is 0 Å². The summed E-state index contributed by atoms with van der Waals surface area (Å²) in [6.07, 6.45) is 4.35. The van der Waals surface area contributed by atoms with Crippen LogP contribution in [0.25, 0.3) is 0 Å². The molecule has 7 N–H and O–H groups in total. The fourth-order valence-corrected chi connectivity index (χ4v) is 1.69. The molecule has 0 saturated heterocycles. The van der Waals surface area contributed by atoms with E-state index in [2.05, 4.69) is 0 Å². The van der Waals surface area contributed by atoms with E-state index in [-0.39, 0.29) is 33.1 Å². The molecule has 8 nitrogen and oxygen atoms in total. The average Bonchev–Trinajstić information content (AvgIpc) is 2.32. The molecule has 0 aromatic heterocycles. The Bertz CT molecular complexity index is 389. The van der Waals surface area contributed by atoms with Crippen molar-refractivity contribution < 1.29 is 50.8 Å². The smallest absolute Gasteiger partial charge is 0.481 e. The number of carbonyl (C=O) groups is 3. The molecule has 0 aliphatic heterocycles. The van der Waals surface area contributed by atoms with E-state index in [1.165, 1.54) is 12.8 Å². The zero-order chi connectivity index (χ0) is 15.7. The number of hydrogen-bond acceptors (Lipinski definition) is 5. The molecule has 0 radical (unpaired) electrons. The van der Waals surface area contributed by atoms with Crippen molar-refractivity contribution in [2.45, 2.75) is 44.2 Å².